The van der Waals surface area contributed by atoms with E-state index in [1.165, 1.54) is 28.1 Å². The van der Waals surface area contributed by atoms with E-state index < -0.39 is 21.9 Å². The van der Waals surface area contributed by atoms with Crippen LogP contribution in [0.1, 0.15) is 12.5 Å². The van der Waals surface area contributed by atoms with E-state index in [0.717, 1.165) is 18.2 Å². The van der Waals surface area contributed by atoms with Crippen LogP contribution in [0.3, 0.4) is 0 Å². The molecule has 1 aliphatic heterocycles. The summed E-state index contributed by atoms with van der Waals surface area (Å²) in [5, 5.41) is 10.3. The highest BCUT2D eigenvalue weighted by Gasteiger charge is 2.29. The summed E-state index contributed by atoms with van der Waals surface area (Å²) < 4.78 is 45.7. The van der Waals surface area contributed by atoms with E-state index in [4.69, 9.17) is 4.74 Å². The third-order valence-corrected chi connectivity index (χ3v) is 6.88. The molecule has 1 N–H and O–H groups in total. The van der Waals surface area contributed by atoms with Crippen molar-refractivity contribution in [3.8, 4) is 5.75 Å². The van der Waals surface area contributed by atoms with E-state index in [0.29, 0.717) is 32.7 Å². The largest absolute Gasteiger partial charge is 0.491 e. The molecule has 0 amide bonds. The molecular weight excluding hydrogens is 395 g/mol. The third-order valence-electron chi connectivity index (χ3n) is 4.98. The molecule has 1 heterocycles. The summed E-state index contributed by atoms with van der Waals surface area (Å²) in [5.74, 6) is 0.159. The van der Waals surface area contributed by atoms with Gasteiger partial charge >= 0.3 is 0 Å². The molecule has 0 spiro atoms. The van der Waals surface area contributed by atoms with Crippen molar-refractivity contribution in [2.24, 2.45) is 0 Å². The second-order valence-corrected chi connectivity index (χ2v) is 9.07. The fourth-order valence-corrected chi connectivity index (χ4v) is 4.78. The minimum atomic E-state index is -3.71. The Kier molecular flexibility index (Phi) is 7.23. The highest BCUT2D eigenvalue weighted by atomic mass is 32.2. The van der Waals surface area contributed by atoms with Crippen LogP contribution < -0.4 is 4.74 Å². The van der Waals surface area contributed by atoms with Gasteiger partial charge in [0.2, 0.25) is 10.0 Å². The van der Waals surface area contributed by atoms with Crippen molar-refractivity contribution >= 4 is 10.0 Å². The fourth-order valence-electron chi connectivity index (χ4n) is 3.33. The first-order valence-electron chi connectivity index (χ1n) is 9.76. The monoisotopic (exact) mass is 422 g/mol. The van der Waals surface area contributed by atoms with Gasteiger partial charge in [-0.2, -0.15) is 4.31 Å². The van der Waals surface area contributed by atoms with Crippen LogP contribution in [0.5, 0.6) is 5.75 Å². The number of ether oxygens (including phenoxy) is 1. The van der Waals surface area contributed by atoms with E-state index in [1.807, 2.05) is 29.2 Å². The molecule has 1 saturated heterocycles. The number of β-amino-alcohol motifs (C(OH)–C–C–N with tert-alkyl or cyclic N) is 1. The topological polar surface area (TPSA) is 70.1 Å². The summed E-state index contributed by atoms with van der Waals surface area (Å²) >= 11 is 0. The molecule has 1 atom stereocenters. The van der Waals surface area contributed by atoms with Crippen LogP contribution in [0.25, 0.3) is 0 Å². The van der Waals surface area contributed by atoms with E-state index >= 15 is 0 Å². The zero-order valence-electron chi connectivity index (χ0n) is 16.5. The number of benzene rings is 2. The van der Waals surface area contributed by atoms with Gasteiger partial charge in [0.05, 0.1) is 4.90 Å². The molecule has 1 unspecified atom stereocenters. The lowest BCUT2D eigenvalue weighted by Crippen LogP contribution is -2.50. The van der Waals surface area contributed by atoms with Crippen molar-refractivity contribution in [3.63, 3.8) is 0 Å². The van der Waals surface area contributed by atoms with Crippen LogP contribution in [0.15, 0.2) is 53.4 Å². The molecule has 1 fully saturated rings. The van der Waals surface area contributed by atoms with E-state index in [2.05, 4.69) is 6.92 Å². The van der Waals surface area contributed by atoms with Gasteiger partial charge < -0.3 is 9.84 Å². The first-order chi connectivity index (χ1) is 13.9. The number of piperazine rings is 1. The molecule has 29 heavy (non-hydrogen) atoms. The molecule has 0 aromatic heterocycles. The molecule has 8 heteroatoms. The molecule has 2 aromatic carbocycles. The summed E-state index contributed by atoms with van der Waals surface area (Å²) in [6.45, 7) is 4.24. The Morgan fingerprint density at radius 3 is 2.52 bits per heavy atom. The van der Waals surface area contributed by atoms with Gasteiger partial charge in [-0.05, 0) is 42.3 Å². The number of hydrogen-bond donors (Lipinski definition) is 1. The third kappa shape index (κ3) is 5.76. The molecule has 3 rings (SSSR count). The Labute approximate surface area is 171 Å². The maximum atomic E-state index is 13.4. The summed E-state index contributed by atoms with van der Waals surface area (Å²) in [4.78, 5) is 1.97. The Balaban J connectivity index is 1.48. The minimum absolute atomic E-state index is 0.0336. The van der Waals surface area contributed by atoms with Gasteiger partial charge in [0, 0.05) is 32.7 Å². The number of aliphatic hydroxyl groups excluding tert-OH is 1. The van der Waals surface area contributed by atoms with Crippen molar-refractivity contribution in [2.45, 2.75) is 24.3 Å². The molecule has 2 aromatic rings. The van der Waals surface area contributed by atoms with Crippen LogP contribution in [-0.4, -0.2) is 68.2 Å². The van der Waals surface area contributed by atoms with Crippen LogP contribution >= 0.6 is 0 Å². The van der Waals surface area contributed by atoms with Crippen molar-refractivity contribution in [1.82, 2.24) is 9.21 Å². The standard InChI is InChI=1S/C21H27FN2O4S/c1-2-17-5-3-7-20(13-17)28-16-19(25)15-23-9-11-24(12-10-23)29(26,27)21-8-4-6-18(22)14-21/h3-8,13-14,19,25H,2,9-12,15-16H2,1H3. The number of nitrogens with zero attached hydrogens (tertiary/aromatic N) is 2. The maximum absolute atomic E-state index is 13.4. The molecule has 1 aliphatic rings. The smallest absolute Gasteiger partial charge is 0.243 e. The van der Waals surface area contributed by atoms with E-state index in [-0.39, 0.29) is 11.5 Å². The normalized spacial score (nSPS) is 17.2. The maximum Gasteiger partial charge on any atom is 0.243 e. The van der Waals surface area contributed by atoms with Crippen molar-refractivity contribution in [3.05, 3.63) is 59.9 Å². The van der Waals surface area contributed by atoms with Gasteiger partial charge in [0.25, 0.3) is 0 Å². The zero-order chi connectivity index (χ0) is 20.9. The Hall–Kier alpha value is -2.00. The molecule has 158 valence electrons. The van der Waals surface area contributed by atoms with Crippen LogP contribution in [0, 0.1) is 5.82 Å². The van der Waals surface area contributed by atoms with Gasteiger partial charge in [-0.15, -0.1) is 0 Å². The number of sulfonamides is 1. The highest BCUT2D eigenvalue weighted by Crippen LogP contribution is 2.19. The summed E-state index contributed by atoms with van der Waals surface area (Å²) in [6, 6.07) is 12.8. The summed E-state index contributed by atoms with van der Waals surface area (Å²) in [5.41, 5.74) is 1.17. The van der Waals surface area contributed by atoms with Crippen molar-refractivity contribution in [1.29, 1.82) is 0 Å². The number of aliphatic hydroxyl groups is 1. The first kappa shape index (κ1) is 21.7. The first-order valence-corrected chi connectivity index (χ1v) is 11.2. The van der Waals surface area contributed by atoms with Crippen LogP contribution in [0.2, 0.25) is 0 Å². The van der Waals surface area contributed by atoms with E-state index in [9.17, 15) is 17.9 Å². The zero-order valence-corrected chi connectivity index (χ0v) is 17.3. The fraction of sp³-hybridized carbons (Fsp3) is 0.429. The van der Waals surface area contributed by atoms with E-state index in [1.54, 1.807) is 0 Å². The van der Waals surface area contributed by atoms with Crippen LogP contribution in [0.4, 0.5) is 4.39 Å². The molecule has 0 bridgehead atoms. The van der Waals surface area contributed by atoms with Crippen molar-refractivity contribution in [2.75, 3.05) is 39.3 Å². The van der Waals surface area contributed by atoms with Gasteiger partial charge in [-0.3, -0.25) is 4.90 Å². The summed E-state index contributed by atoms with van der Waals surface area (Å²) in [7, 11) is -3.71. The lowest BCUT2D eigenvalue weighted by molar-refractivity contribution is 0.0569. The minimum Gasteiger partial charge on any atom is -0.491 e. The van der Waals surface area contributed by atoms with Gasteiger partial charge in [-0.25, -0.2) is 12.8 Å². The Morgan fingerprint density at radius 1 is 1.10 bits per heavy atom. The number of rotatable bonds is 8. The van der Waals surface area contributed by atoms with Gasteiger partial charge in [0.15, 0.2) is 0 Å². The van der Waals surface area contributed by atoms with Gasteiger partial charge in [0.1, 0.15) is 24.3 Å². The second-order valence-electron chi connectivity index (χ2n) is 7.13. The SMILES string of the molecule is CCc1cccc(OCC(O)CN2CCN(S(=O)(=O)c3cccc(F)c3)CC2)c1. The molecule has 0 saturated carbocycles. The Morgan fingerprint density at radius 2 is 1.83 bits per heavy atom. The quantitative estimate of drug-likeness (QED) is 0.706. The lowest BCUT2D eigenvalue weighted by Gasteiger charge is -2.34. The number of halogens is 1. The Bertz CT molecular complexity index is 914. The molecule has 0 aliphatic carbocycles. The predicted molar refractivity (Wildman–Crippen MR) is 109 cm³/mol. The average Bonchev–Trinajstić information content (AvgIpc) is 2.73. The lowest BCUT2D eigenvalue weighted by atomic mass is 10.2. The number of aryl methyl sites for hydroxylation is 1. The molecular formula is C21H27FN2O4S. The van der Waals surface area contributed by atoms with Crippen molar-refractivity contribution < 1.29 is 22.7 Å². The highest BCUT2D eigenvalue weighted by molar-refractivity contribution is 7.89. The average molecular weight is 423 g/mol. The second kappa shape index (κ2) is 9.67. The molecule has 6 nitrogen and oxygen atoms in total. The number of hydrogen-bond acceptors (Lipinski definition) is 5. The summed E-state index contributed by atoms with van der Waals surface area (Å²) in [6.07, 6.45) is 0.245. The van der Waals surface area contributed by atoms with Gasteiger partial charge in [-0.1, -0.05) is 25.1 Å². The predicted octanol–water partition coefficient (Wildman–Crippen LogP) is 2.13. The van der Waals surface area contributed by atoms with Crippen LogP contribution in [-0.2, 0) is 16.4 Å². The molecule has 0 radical (unpaired) electrons.